The lowest BCUT2D eigenvalue weighted by molar-refractivity contribution is -0.149. The number of Topliss-reactive ketones (excluding diaryl/α,β-unsaturated/α-hetero) is 1. The van der Waals surface area contributed by atoms with Gasteiger partial charge in [0.25, 0.3) is 0 Å². The summed E-state index contributed by atoms with van der Waals surface area (Å²) in [6, 6.07) is 7.77. The van der Waals surface area contributed by atoms with Gasteiger partial charge in [-0.15, -0.1) is 0 Å². The van der Waals surface area contributed by atoms with Gasteiger partial charge in [-0.05, 0) is 19.4 Å². The van der Waals surface area contributed by atoms with Crippen LogP contribution in [0.1, 0.15) is 37.0 Å². The summed E-state index contributed by atoms with van der Waals surface area (Å²) in [6.07, 6.45) is -3.35. The summed E-state index contributed by atoms with van der Waals surface area (Å²) in [5.74, 6) is -0.245. The van der Waals surface area contributed by atoms with Crippen LogP contribution in [0.5, 0.6) is 0 Å². The number of halogens is 3. The van der Waals surface area contributed by atoms with Crippen LogP contribution in [-0.4, -0.2) is 36.0 Å². The second kappa shape index (κ2) is 7.43. The van der Waals surface area contributed by atoms with E-state index in [4.69, 9.17) is 0 Å². The van der Waals surface area contributed by atoms with Crippen LogP contribution in [0, 0.1) is 0 Å². The quantitative estimate of drug-likeness (QED) is 0.708. The molecule has 20 heavy (non-hydrogen) atoms. The van der Waals surface area contributed by atoms with Gasteiger partial charge < -0.3 is 0 Å². The van der Waals surface area contributed by atoms with Crippen molar-refractivity contribution in [3.63, 3.8) is 0 Å². The molecule has 0 aliphatic rings. The lowest BCUT2D eigenvalue weighted by Crippen LogP contribution is -2.46. The van der Waals surface area contributed by atoms with E-state index in [9.17, 15) is 18.0 Å². The molecule has 1 unspecified atom stereocenters. The van der Waals surface area contributed by atoms with E-state index in [1.165, 1.54) is 4.90 Å². The third-order valence-corrected chi connectivity index (χ3v) is 3.08. The molecule has 0 heterocycles. The van der Waals surface area contributed by atoms with Gasteiger partial charge in [-0.3, -0.25) is 9.69 Å². The van der Waals surface area contributed by atoms with Gasteiger partial charge in [-0.2, -0.15) is 13.2 Å². The van der Waals surface area contributed by atoms with Crippen LogP contribution in [-0.2, 0) is 0 Å². The minimum Gasteiger partial charge on any atom is -0.292 e. The van der Waals surface area contributed by atoms with E-state index in [1.807, 2.05) is 6.92 Å². The number of carbonyl (C=O) groups is 1. The molecule has 0 radical (unpaired) electrons. The number of alkyl halides is 3. The molecule has 0 amide bonds. The fraction of sp³-hybridized carbons (Fsp3) is 0.533. The number of rotatable bonds is 7. The molecule has 2 nitrogen and oxygen atoms in total. The first-order valence-corrected chi connectivity index (χ1v) is 6.79. The first-order chi connectivity index (χ1) is 9.39. The summed E-state index contributed by atoms with van der Waals surface area (Å²) in [6.45, 7) is 2.77. The highest BCUT2D eigenvalue weighted by molar-refractivity contribution is 6.00. The lowest BCUT2D eigenvalue weighted by Gasteiger charge is -2.30. The number of benzene rings is 1. The van der Waals surface area contributed by atoms with Crippen molar-refractivity contribution in [1.29, 1.82) is 0 Å². The van der Waals surface area contributed by atoms with Crippen LogP contribution in [0.4, 0.5) is 13.2 Å². The zero-order valence-electron chi connectivity index (χ0n) is 11.8. The van der Waals surface area contributed by atoms with E-state index < -0.39 is 18.8 Å². The summed E-state index contributed by atoms with van der Waals surface area (Å²) in [4.78, 5) is 13.6. The van der Waals surface area contributed by atoms with Crippen LogP contribution in [0.15, 0.2) is 30.3 Å². The fourth-order valence-corrected chi connectivity index (χ4v) is 2.27. The summed E-state index contributed by atoms with van der Waals surface area (Å²) in [5.41, 5.74) is 0.461. The van der Waals surface area contributed by atoms with Gasteiger partial charge in [0, 0.05) is 5.56 Å². The average molecular weight is 287 g/mol. The third-order valence-electron chi connectivity index (χ3n) is 3.08. The fourth-order valence-electron chi connectivity index (χ4n) is 2.27. The van der Waals surface area contributed by atoms with Crippen molar-refractivity contribution in [2.45, 2.75) is 38.9 Å². The second-order valence-electron chi connectivity index (χ2n) is 4.74. The predicted octanol–water partition coefficient (Wildman–Crippen LogP) is 3.92. The molecule has 112 valence electrons. The minimum atomic E-state index is -4.29. The first-order valence-electron chi connectivity index (χ1n) is 6.79. The molecule has 0 bridgehead atoms. The summed E-state index contributed by atoms with van der Waals surface area (Å²) in [7, 11) is 0. The molecule has 0 saturated heterocycles. The van der Waals surface area contributed by atoms with Crippen molar-refractivity contribution in [2.24, 2.45) is 0 Å². The second-order valence-corrected chi connectivity index (χ2v) is 4.74. The zero-order valence-corrected chi connectivity index (χ0v) is 11.8. The van der Waals surface area contributed by atoms with Crippen molar-refractivity contribution in [2.75, 3.05) is 13.1 Å². The molecule has 0 aromatic heterocycles. The number of hydrogen-bond acceptors (Lipinski definition) is 2. The topological polar surface area (TPSA) is 20.3 Å². The Labute approximate surface area is 117 Å². The maximum atomic E-state index is 12.6. The van der Waals surface area contributed by atoms with Gasteiger partial charge in [0.15, 0.2) is 5.78 Å². The molecule has 0 aliphatic carbocycles. The number of nitrogens with zero attached hydrogens (tertiary/aromatic N) is 1. The SMILES string of the molecule is CCCN(CC(F)(F)F)C(CC)C(=O)c1ccccc1. The predicted molar refractivity (Wildman–Crippen MR) is 72.8 cm³/mol. The summed E-state index contributed by atoms with van der Waals surface area (Å²) < 4.78 is 37.9. The van der Waals surface area contributed by atoms with Gasteiger partial charge >= 0.3 is 6.18 Å². The third kappa shape index (κ3) is 4.96. The largest absolute Gasteiger partial charge is 0.401 e. The summed E-state index contributed by atoms with van der Waals surface area (Å²) in [5, 5.41) is 0. The van der Waals surface area contributed by atoms with E-state index in [1.54, 1.807) is 37.3 Å². The van der Waals surface area contributed by atoms with Crippen LogP contribution < -0.4 is 0 Å². The Morgan fingerprint density at radius 3 is 2.25 bits per heavy atom. The van der Waals surface area contributed by atoms with Crippen molar-refractivity contribution < 1.29 is 18.0 Å². The minimum absolute atomic E-state index is 0.245. The molecule has 5 heteroatoms. The highest BCUT2D eigenvalue weighted by Gasteiger charge is 2.35. The Hall–Kier alpha value is -1.36. The van der Waals surface area contributed by atoms with E-state index in [0.29, 0.717) is 18.4 Å². The smallest absolute Gasteiger partial charge is 0.292 e. The molecule has 0 fully saturated rings. The van der Waals surface area contributed by atoms with Crippen LogP contribution in [0.2, 0.25) is 0 Å². The van der Waals surface area contributed by atoms with E-state index in [-0.39, 0.29) is 12.3 Å². The van der Waals surface area contributed by atoms with Crippen molar-refractivity contribution in [3.05, 3.63) is 35.9 Å². The van der Waals surface area contributed by atoms with Crippen molar-refractivity contribution >= 4 is 5.78 Å². The van der Waals surface area contributed by atoms with Crippen LogP contribution >= 0.6 is 0 Å². The van der Waals surface area contributed by atoms with Crippen LogP contribution in [0.25, 0.3) is 0 Å². The maximum Gasteiger partial charge on any atom is 0.401 e. The van der Waals surface area contributed by atoms with Crippen molar-refractivity contribution in [3.8, 4) is 0 Å². The molecule has 1 aromatic carbocycles. The van der Waals surface area contributed by atoms with E-state index in [2.05, 4.69) is 0 Å². The Kier molecular flexibility index (Phi) is 6.20. The molecule has 1 atom stereocenters. The van der Waals surface area contributed by atoms with Gasteiger partial charge in [0.2, 0.25) is 0 Å². The lowest BCUT2D eigenvalue weighted by atomic mass is 10.0. The average Bonchev–Trinajstić information content (AvgIpc) is 2.39. The number of ketones is 1. The Morgan fingerprint density at radius 2 is 1.80 bits per heavy atom. The molecule has 1 rings (SSSR count). The molecular formula is C15H20F3NO. The number of hydrogen-bond donors (Lipinski definition) is 0. The normalized spacial score (nSPS) is 13.5. The van der Waals surface area contributed by atoms with E-state index >= 15 is 0 Å². The molecule has 0 spiro atoms. The van der Waals surface area contributed by atoms with Gasteiger partial charge in [-0.1, -0.05) is 44.2 Å². The van der Waals surface area contributed by atoms with Gasteiger partial charge in [0.1, 0.15) is 0 Å². The van der Waals surface area contributed by atoms with Gasteiger partial charge in [0.05, 0.1) is 12.6 Å². The first kappa shape index (κ1) is 16.7. The summed E-state index contributed by atoms with van der Waals surface area (Å²) >= 11 is 0. The van der Waals surface area contributed by atoms with Gasteiger partial charge in [-0.25, -0.2) is 0 Å². The highest BCUT2D eigenvalue weighted by Crippen LogP contribution is 2.21. The van der Waals surface area contributed by atoms with Crippen LogP contribution in [0.3, 0.4) is 0 Å². The molecule has 1 aromatic rings. The Morgan fingerprint density at radius 1 is 1.20 bits per heavy atom. The van der Waals surface area contributed by atoms with Crippen molar-refractivity contribution in [1.82, 2.24) is 4.90 Å². The Balaban J connectivity index is 2.92. The van der Waals surface area contributed by atoms with E-state index in [0.717, 1.165) is 0 Å². The molecule has 0 N–H and O–H groups in total. The maximum absolute atomic E-state index is 12.6. The highest BCUT2D eigenvalue weighted by atomic mass is 19.4. The number of carbonyl (C=O) groups excluding carboxylic acids is 1. The molecule has 0 saturated carbocycles. The molecule has 0 aliphatic heterocycles. The standard InChI is InChI=1S/C15H20F3NO/c1-3-10-19(11-15(16,17)18)13(4-2)14(20)12-8-6-5-7-9-12/h5-9,13H,3-4,10-11H2,1-2H3. The Bertz CT molecular complexity index is 417. The monoisotopic (exact) mass is 287 g/mol. The zero-order chi connectivity index (χ0) is 15.2. The molecular weight excluding hydrogens is 267 g/mol.